The first-order valence-electron chi connectivity index (χ1n) is 6.01. The number of hydrogen-bond acceptors (Lipinski definition) is 3. The summed E-state index contributed by atoms with van der Waals surface area (Å²) in [5.41, 5.74) is -0.607. The lowest BCUT2D eigenvalue weighted by atomic mass is 9.93. The minimum atomic E-state index is -0.607. The van der Waals surface area contributed by atoms with E-state index in [9.17, 15) is 5.11 Å². The number of ether oxygens (including phenoxy) is 1. The third-order valence-corrected chi connectivity index (χ3v) is 2.91. The third-order valence-electron chi connectivity index (χ3n) is 2.91. The van der Waals surface area contributed by atoms with Crippen LogP contribution in [0, 0.1) is 5.92 Å². The second-order valence-electron chi connectivity index (χ2n) is 5.39. The Morgan fingerprint density at radius 2 is 2.00 bits per heavy atom. The van der Waals surface area contributed by atoms with Gasteiger partial charge in [-0.3, -0.25) is 0 Å². The second kappa shape index (κ2) is 5.83. The van der Waals surface area contributed by atoms with Gasteiger partial charge in [0.15, 0.2) is 0 Å². The van der Waals surface area contributed by atoms with E-state index in [4.69, 9.17) is 4.74 Å². The Morgan fingerprint density at radius 3 is 2.53 bits per heavy atom. The molecule has 1 atom stereocenters. The summed E-state index contributed by atoms with van der Waals surface area (Å²) in [7, 11) is 0. The first kappa shape index (κ1) is 12.9. The molecule has 0 aromatic carbocycles. The van der Waals surface area contributed by atoms with Gasteiger partial charge in [0.2, 0.25) is 0 Å². The Morgan fingerprint density at radius 1 is 1.40 bits per heavy atom. The molecule has 0 spiro atoms. The zero-order valence-corrected chi connectivity index (χ0v) is 10.3. The SMILES string of the molecule is CC(CC1CCOCC1)NCC(C)(C)O. The maximum Gasteiger partial charge on any atom is 0.0715 e. The standard InChI is InChI=1S/C12H25NO2/c1-10(13-9-12(2,3)14)8-11-4-6-15-7-5-11/h10-11,13-14H,4-9H2,1-3H3. The van der Waals surface area contributed by atoms with Crippen LogP contribution in [0.5, 0.6) is 0 Å². The first-order chi connectivity index (χ1) is 6.97. The molecule has 15 heavy (non-hydrogen) atoms. The highest BCUT2D eigenvalue weighted by Gasteiger charge is 2.18. The van der Waals surface area contributed by atoms with Crippen LogP contribution in [0.4, 0.5) is 0 Å². The molecular formula is C12H25NO2. The molecule has 3 heteroatoms. The van der Waals surface area contributed by atoms with Crippen molar-refractivity contribution in [3.63, 3.8) is 0 Å². The zero-order chi connectivity index (χ0) is 11.3. The van der Waals surface area contributed by atoms with Gasteiger partial charge in [0.05, 0.1) is 5.60 Å². The van der Waals surface area contributed by atoms with Crippen LogP contribution in [-0.4, -0.2) is 36.5 Å². The number of rotatable bonds is 5. The molecule has 1 heterocycles. The molecule has 90 valence electrons. The van der Waals surface area contributed by atoms with E-state index in [0.717, 1.165) is 19.1 Å². The summed E-state index contributed by atoms with van der Waals surface area (Å²) >= 11 is 0. The van der Waals surface area contributed by atoms with Gasteiger partial charge in [-0.1, -0.05) is 0 Å². The fourth-order valence-electron chi connectivity index (χ4n) is 1.99. The van der Waals surface area contributed by atoms with E-state index in [1.165, 1.54) is 19.3 Å². The molecule has 1 rings (SSSR count). The summed E-state index contributed by atoms with van der Waals surface area (Å²) in [6.45, 7) is 8.37. The largest absolute Gasteiger partial charge is 0.389 e. The molecular weight excluding hydrogens is 190 g/mol. The van der Waals surface area contributed by atoms with Crippen LogP contribution in [0.25, 0.3) is 0 Å². The molecule has 1 fully saturated rings. The summed E-state index contributed by atoms with van der Waals surface area (Å²) in [5.74, 6) is 0.794. The molecule has 3 nitrogen and oxygen atoms in total. The third kappa shape index (κ3) is 6.13. The van der Waals surface area contributed by atoms with Crippen LogP contribution in [0.3, 0.4) is 0 Å². The molecule has 0 bridgehead atoms. The highest BCUT2D eigenvalue weighted by Crippen LogP contribution is 2.20. The Labute approximate surface area is 93.2 Å². The Kier molecular flexibility index (Phi) is 5.03. The minimum absolute atomic E-state index is 0.486. The molecule has 1 unspecified atom stereocenters. The van der Waals surface area contributed by atoms with E-state index in [1.807, 2.05) is 13.8 Å². The van der Waals surface area contributed by atoms with Gasteiger partial charge in [0.1, 0.15) is 0 Å². The fraction of sp³-hybridized carbons (Fsp3) is 1.00. The summed E-state index contributed by atoms with van der Waals surface area (Å²) in [4.78, 5) is 0. The van der Waals surface area contributed by atoms with Crippen molar-refractivity contribution in [1.29, 1.82) is 0 Å². The van der Waals surface area contributed by atoms with E-state index in [0.29, 0.717) is 12.6 Å². The van der Waals surface area contributed by atoms with Crippen LogP contribution in [0.1, 0.15) is 40.0 Å². The molecule has 0 aliphatic carbocycles. The van der Waals surface area contributed by atoms with Crippen molar-refractivity contribution in [3.8, 4) is 0 Å². The predicted molar refractivity (Wildman–Crippen MR) is 61.9 cm³/mol. The monoisotopic (exact) mass is 215 g/mol. The van der Waals surface area contributed by atoms with Crippen molar-refractivity contribution in [2.24, 2.45) is 5.92 Å². The van der Waals surface area contributed by atoms with E-state index in [1.54, 1.807) is 0 Å². The molecule has 0 aromatic rings. The van der Waals surface area contributed by atoms with Gasteiger partial charge >= 0.3 is 0 Å². The number of aliphatic hydroxyl groups is 1. The zero-order valence-electron chi connectivity index (χ0n) is 10.3. The molecule has 1 aliphatic rings. The summed E-state index contributed by atoms with van der Waals surface area (Å²) in [6.07, 6.45) is 3.57. The molecule has 1 aliphatic heterocycles. The van der Waals surface area contributed by atoms with Crippen molar-refractivity contribution in [3.05, 3.63) is 0 Å². The van der Waals surface area contributed by atoms with Crippen LogP contribution in [0.2, 0.25) is 0 Å². The van der Waals surface area contributed by atoms with Crippen molar-refractivity contribution in [1.82, 2.24) is 5.32 Å². The van der Waals surface area contributed by atoms with Crippen molar-refractivity contribution < 1.29 is 9.84 Å². The van der Waals surface area contributed by atoms with Crippen LogP contribution < -0.4 is 5.32 Å². The topological polar surface area (TPSA) is 41.5 Å². The lowest BCUT2D eigenvalue weighted by molar-refractivity contribution is 0.0560. The van der Waals surface area contributed by atoms with Gasteiger partial charge in [-0.15, -0.1) is 0 Å². The highest BCUT2D eigenvalue weighted by molar-refractivity contribution is 4.75. The lowest BCUT2D eigenvalue weighted by Crippen LogP contribution is -2.40. The minimum Gasteiger partial charge on any atom is -0.389 e. The van der Waals surface area contributed by atoms with Crippen LogP contribution >= 0.6 is 0 Å². The van der Waals surface area contributed by atoms with Gasteiger partial charge in [0.25, 0.3) is 0 Å². The first-order valence-corrected chi connectivity index (χ1v) is 6.01. The smallest absolute Gasteiger partial charge is 0.0715 e. The van der Waals surface area contributed by atoms with E-state index >= 15 is 0 Å². The average molecular weight is 215 g/mol. The number of hydrogen-bond donors (Lipinski definition) is 2. The maximum atomic E-state index is 9.59. The molecule has 0 amide bonds. The lowest BCUT2D eigenvalue weighted by Gasteiger charge is -2.27. The van der Waals surface area contributed by atoms with Crippen LogP contribution in [-0.2, 0) is 4.74 Å². The Balaban J connectivity index is 2.14. The molecule has 1 saturated heterocycles. The molecule has 0 aromatic heterocycles. The molecule has 2 N–H and O–H groups in total. The number of nitrogens with one attached hydrogen (secondary N) is 1. The second-order valence-corrected chi connectivity index (χ2v) is 5.39. The van der Waals surface area contributed by atoms with Gasteiger partial charge in [-0.05, 0) is 46.0 Å². The van der Waals surface area contributed by atoms with Crippen molar-refractivity contribution in [2.75, 3.05) is 19.8 Å². The van der Waals surface area contributed by atoms with E-state index in [-0.39, 0.29) is 0 Å². The Hall–Kier alpha value is -0.120. The summed E-state index contributed by atoms with van der Waals surface area (Å²) in [6, 6.07) is 0.486. The van der Waals surface area contributed by atoms with E-state index < -0.39 is 5.60 Å². The molecule has 0 radical (unpaired) electrons. The highest BCUT2D eigenvalue weighted by atomic mass is 16.5. The van der Waals surface area contributed by atoms with Gasteiger partial charge in [0, 0.05) is 25.8 Å². The summed E-state index contributed by atoms with van der Waals surface area (Å²) < 4.78 is 5.34. The predicted octanol–water partition coefficient (Wildman–Crippen LogP) is 1.55. The maximum absolute atomic E-state index is 9.59. The van der Waals surface area contributed by atoms with Crippen molar-refractivity contribution in [2.45, 2.75) is 51.7 Å². The normalized spacial score (nSPS) is 21.6. The fourth-order valence-corrected chi connectivity index (χ4v) is 1.99. The Bertz CT molecular complexity index is 171. The van der Waals surface area contributed by atoms with Gasteiger partial charge in [-0.25, -0.2) is 0 Å². The van der Waals surface area contributed by atoms with Gasteiger partial charge < -0.3 is 15.2 Å². The van der Waals surface area contributed by atoms with Crippen molar-refractivity contribution >= 4 is 0 Å². The van der Waals surface area contributed by atoms with E-state index in [2.05, 4.69) is 12.2 Å². The summed E-state index contributed by atoms with van der Waals surface area (Å²) in [5, 5.41) is 13.0. The molecule has 0 saturated carbocycles. The van der Waals surface area contributed by atoms with Crippen LogP contribution in [0.15, 0.2) is 0 Å². The quantitative estimate of drug-likeness (QED) is 0.731. The average Bonchev–Trinajstić information content (AvgIpc) is 2.15. The van der Waals surface area contributed by atoms with Gasteiger partial charge in [-0.2, -0.15) is 0 Å².